The molecule has 0 bridgehead atoms. The average Bonchev–Trinajstić information content (AvgIpc) is 3.29. The zero-order valence-corrected chi connectivity index (χ0v) is 14.7. The SMILES string of the molecule is CCn1nc(-c2ccc3c(c2)OCO3)cc1C(=O)Nc1ccc(C)cc1. The highest BCUT2D eigenvalue weighted by Crippen LogP contribution is 2.35. The first-order chi connectivity index (χ1) is 12.6. The number of nitrogens with one attached hydrogen (secondary N) is 1. The van der Waals surface area contributed by atoms with E-state index in [4.69, 9.17) is 9.47 Å². The lowest BCUT2D eigenvalue weighted by Crippen LogP contribution is -2.17. The molecule has 1 aliphatic rings. The number of rotatable bonds is 4. The number of hydrogen-bond donors (Lipinski definition) is 1. The first-order valence-electron chi connectivity index (χ1n) is 8.50. The van der Waals surface area contributed by atoms with Crippen molar-refractivity contribution in [2.24, 2.45) is 0 Å². The van der Waals surface area contributed by atoms with Crippen LogP contribution in [-0.4, -0.2) is 22.5 Å². The fourth-order valence-corrected chi connectivity index (χ4v) is 2.87. The lowest BCUT2D eigenvalue weighted by molar-refractivity contribution is 0.101. The van der Waals surface area contributed by atoms with E-state index in [1.165, 1.54) is 0 Å². The molecule has 1 aliphatic heterocycles. The van der Waals surface area contributed by atoms with Crippen molar-refractivity contribution >= 4 is 11.6 Å². The normalized spacial score (nSPS) is 12.2. The van der Waals surface area contributed by atoms with Gasteiger partial charge >= 0.3 is 0 Å². The predicted molar refractivity (Wildman–Crippen MR) is 98.6 cm³/mol. The summed E-state index contributed by atoms with van der Waals surface area (Å²) in [4.78, 5) is 12.7. The minimum atomic E-state index is -0.185. The number of fused-ring (bicyclic) bond motifs is 1. The van der Waals surface area contributed by atoms with Gasteiger partial charge in [0.15, 0.2) is 11.5 Å². The zero-order chi connectivity index (χ0) is 18.1. The molecule has 132 valence electrons. The molecule has 6 heteroatoms. The third kappa shape index (κ3) is 3.01. The van der Waals surface area contributed by atoms with Crippen molar-refractivity contribution in [1.29, 1.82) is 0 Å². The Morgan fingerprint density at radius 1 is 1.12 bits per heavy atom. The Labute approximate surface area is 151 Å². The highest BCUT2D eigenvalue weighted by Gasteiger charge is 2.18. The molecule has 0 atom stereocenters. The third-order valence-electron chi connectivity index (χ3n) is 4.29. The molecule has 1 amide bonds. The maximum atomic E-state index is 12.7. The van der Waals surface area contributed by atoms with Gasteiger partial charge in [0.1, 0.15) is 5.69 Å². The van der Waals surface area contributed by atoms with Crippen molar-refractivity contribution in [2.45, 2.75) is 20.4 Å². The number of amides is 1. The van der Waals surface area contributed by atoms with E-state index >= 15 is 0 Å². The van der Waals surface area contributed by atoms with Gasteiger partial charge in [0.2, 0.25) is 6.79 Å². The minimum Gasteiger partial charge on any atom is -0.454 e. The lowest BCUT2D eigenvalue weighted by Gasteiger charge is -2.06. The predicted octanol–water partition coefficient (Wildman–Crippen LogP) is 3.86. The number of benzene rings is 2. The maximum absolute atomic E-state index is 12.7. The molecule has 0 radical (unpaired) electrons. The average molecular weight is 349 g/mol. The van der Waals surface area contributed by atoms with E-state index in [1.54, 1.807) is 10.7 Å². The molecule has 0 aliphatic carbocycles. The van der Waals surface area contributed by atoms with Gasteiger partial charge in [0.25, 0.3) is 5.91 Å². The Bertz CT molecular complexity index is 961. The second kappa shape index (κ2) is 6.55. The smallest absolute Gasteiger partial charge is 0.273 e. The summed E-state index contributed by atoms with van der Waals surface area (Å²) in [6.45, 7) is 4.79. The van der Waals surface area contributed by atoms with Gasteiger partial charge in [0, 0.05) is 17.8 Å². The molecule has 0 saturated heterocycles. The number of carbonyl (C=O) groups is 1. The van der Waals surface area contributed by atoms with Gasteiger partial charge < -0.3 is 14.8 Å². The Kier molecular flexibility index (Phi) is 4.08. The quantitative estimate of drug-likeness (QED) is 0.777. The van der Waals surface area contributed by atoms with Crippen molar-refractivity contribution in [3.8, 4) is 22.8 Å². The molecule has 2 heterocycles. The summed E-state index contributed by atoms with van der Waals surface area (Å²) in [6.07, 6.45) is 0. The molecule has 1 N–H and O–H groups in total. The van der Waals surface area contributed by atoms with Crippen LogP contribution in [0.4, 0.5) is 5.69 Å². The van der Waals surface area contributed by atoms with E-state index in [0.717, 1.165) is 28.3 Å². The van der Waals surface area contributed by atoms with Gasteiger partial charge in [-0.05, 0) is 50.2 Å². The van der Waals surface area contributed by atoms with E-state index in [0.29, 0.717) is 18.0 Å². The van der Waals surface area contributed by atoms with Crippen molar-refractivity contribution in [1.82, 2.24) is 9.78 Å². The summed E-state index contributed by atoms with van der Waals surface area (Å²) in [5.74, 6) is 1.23. The van der Waals surface area contributed by atoms with Gasteiger partial charge in [-0.2, -0.15) is 5.10 Å². The number of anilines is 1. The van der Waals surface area contributed by atoms with Crippen LogP contribution in [0.1, 0.15) is 23.0 Å². The standard InChI is InChI=1S/C20H19N3O3/c1-3-23-17(20(24)21-15-7-4-13(2)5-8-15)11-16(22-23)14-6-9-18-19(10-14)26-12-25-18/h4-11H,3,12H2,1-2H3,(H,21,24). The Hall–Kier alpha value is -3.28. The van der Waals surface area contributed by atoms with Crippen LogP contribution in [-0.2, 0) is 6.54 Å². The molecule has 26 heavy (non-hydrogen) atoms. The fraction of sp³-hybridized carbons (Fsp3) is 0.200. The molecular formula is C20H19N3O3. The highest BCUT2D eigenvalue weighted by atomic mass is 16.7. The maximum Gasteiger partial charge on any atom is 0.273 e. The Morgan fingerprint density at radius 2 is 1.88 bits per heavy atom. The van der Waals surface area contributed by atoms with Crippen LogP contribution in [0.15, 0.2) is 48.5 Å². The molecule has 3 aromatic rings. The molecule has 4 rings (SSSR count). The van der Waals surface area contributed by atoms with Gasteiger partial charge in [-0.3, -0.25) is 9.48 Å². The summed E-state index contributed by atoms with van der Waals surface area (Å²) >= 11 is 0. The van der Waals surface area contributed by atoms with Crippen LogP contribution >= 0.6 is 0 Å². The van der Waals surface area contributed by atoms with Crippen molar-refractivity contribution < 1.29 is 14.3 Å². The van der Waals surface area contributed by atoms with Crippen LogP contribution in [0.25, 0.3) is 11.3 Å². The summed E-state index contributed by atoms with van der Waals surface area (Å²) in [6, 6.07) is 15.1. The summed E-state index contributed by atoms with van der Waals surface area (Å²) in [5, 5.41) is 7.48. The third-order valence-corrected chi connectivity index (χ3v) is 4.29. The molecule has 1 aromatic heterocycles. The van der Waals surface area contributed by atoms with Crippen LogP contribution in [0.3, 0.4) is 0 Å². The fourth-order valence-electron chi connectivity index (χ4n) is 2.87. The molecule has 0 saturated carbocycles. The second-order valence-corrected chi connectivity index (χ2v) is 6.12. The molecular weight excluding hydrogens is 330 g/mol. The monoisotopic (exact) mass is 349 g/mol. The minimum absolute atomic E-state index is 0.185. The van der Waals surface area contributed by atoms with E-state index < -0.39 is 0 Å². The summed E-state index contributed by atoms with van der Waals surface area (Å²) in [5.41, 5.74) is 4.02. The van der Waals surface area contributed by atoms with Gasteiger partial charge in [-0.1, -0.05) is 17.7 Å². The van der Waals surface area contributed by atoms with Gasteiger partial charge in [-0.15, -0.1) is 0 Å². The van der Waals surface area contributed by atoms with Crippen molar-refractivity contribution in [2.75, 3.05) is 12.1 Å². The number of nitrogens with zero attached hydrogens (tertiary/aromatic N) is 2. The molecule has 0 fully saturated rings. The number of hydrogen-bond acceptors (Lipinski definition) is 4. The topological polar surface area (TPSA) is 65.4 Å². The van der Waals surface area contributed by atoms with Crippen molar-refractivity contribution in [3.63, 3.8) is 0 Å². The molecule has 6 nitrogen and oxygen atoms in total. The van der Waals surface area contributed by atoms with Crippen LogP contribution in [0, 0.1) is 6.92 Å². The largest absolute Gasteiger partial charge is 0.454 e. The number of carbonyl (C=O) groups excluding carboxylic acids is 1. The van der Waals surface area contributed by atoms with E-state index in [1.807, 2.05) is 56.3 Å². The lowest BCUT2D eigenvalue weighted by atomic mass is 10.1. The van der Waals surface area contributed by atoms with E-state index in [9.17, 15) is 4.79 Å². The van der Waals surface area contributed by atoms with Crippen LogP contribution < -0.4 is 14.8 Å². The molecule has 0 spiro atoms. The van der Waals surface area contributed by atoms with Gasteiger partial charge in [-0.25, -0.2) is 0 Å². The number of ether oxygens (including phenoxy) is 2. The molecule has 2 aromatic carbocycles. The summed E-state index contributed by atoms with van der Waals surface area (Å²) < 4.78 is 12.5. The Morgan fingerprint density at radius 3 is 2.65 bits per heavy atom. The summed E-state index contributed by atoms with van der Waals surface area (Å²) in [7, 11) is 0. The first-order valence-corrected chi connectivity index (χ1v) is 8.50. The molecule has 0 unspecified atom stereocenters. The second-order valence-electron chi connectivity index (χ2n) is 6.12. The zero-order valence-electron chi connectivity index (χ0n) is 14.7. The van der Waals surface area contributed by atoms with E-state index in [2.05, 4.69) is 10.4 Å². The van der Waals surface area contributed by atoms with Crippen LogP contribution in [0.2, 0.25) is 0 Å². The highest BCUT2D eigenvalue weighted by molar-refractivity contribution is 6.03. The van der Waals surface area contributed by atoms with Crippen LogP contribution in [0.5, 0.6) is 11.5 Å². The van der Waals surface area contributed by atoms with E-state index in [-0.39, 0.29) is 12.7 Å². The Balaban J connectivity index is 1.62. The number of aromatic nitrogens is 2. The first kappa shape index (κ1) is 16.2. The van der Waals surface area contributed by atoms with Gasteiger partial charge in [0.05, 0.1) is 5.69 Å². The number of aryl methyl sites for hydroxylation is 2. The van der Waals surface area contributed by atoms with Crippen molar-refractivity contribution in [3.05, 3.63) is 59.8 Å².